The highest BCUT2D eigenvalue weighted by Crippen LogP contribution is 2.34. The number of hydrogen-bond donors (Lipinski definition) is 2. The summed E-state index contributed by atoms with van der Waals surface area (Å²) in [5.74, 6) is -1.41. The molecule has 114 valence electrons. The average Bonchev–Trinajstić information content (AvgIpc) is 2.90. The molecule has 6 nitrogen and oxygen atoms in total. The number of hydrogen-bond acceptors (Lipinski definition) is 5. The number of carboxylic acid groups (broad SMARTS) is 1. The van der Waals surface area contributed by atoms with Gasteiger partial charge >= 0.3 is 5.97 Å². The van der Waals surface area contributed by atoms with Gasteiger partial charge in [0.05, 0.1) is 18.8 Å². The van der Waals surface area contributed by atoms with Crippen molar-refractivity contribution in [2.45, 2.75) is 25.6 Å². The Balaban J connectivity index is 1.80. The Morgan fingerprint density at radius 3 is 2.48 bits per heavy atom. The Morgan fingerprint density at radius 2 is 1.90 bits per heavy atom. The molecule has 0 bridgehead atoms. The van der Waals surface area contributed by atoms with Crippen LogP contribution in [0.15, 0.2) is 12.1 Å². The monoisotopic (exact) mass is 292 g/mol. The van der Waals surface area contributed by atoms with E-state index < -0.39 is 11.8 Å². The van der Waals surface area contributed by atoms with Crippen LogP contribution >= 0.6 is 0 Å². The van der Waals surface area contributed by atoms with Crippen molar-refractivity contribution in [2.24, 2.45) is 0 Å². The normalized spacial score (nSPS) is 20.9. The van der Waals surface area contributed by atoms with Crippen LogP contribution < -0.4 is 10.6 Å². The first kappa shape index (κ1) is 14.2. The lowest BCUT2D eigenvalue weighted by Gasteiger charge is -2.39. The van der Waals surface area contributed by atoms with E-state index in [1.807, 2.05) is 13.0 Å². The summed E-state index contributed by atoms with van der Waals surface area (Å²) >= 11 is 0. The average molecular weight is 292 g/mol. The maximum Gasteiger partial charge on any atom is 0.337 e. The number of nitrogens with zero attached hydrogens (tertiary/aromatic N) is 1. The molecule has 2 heterocycles. The summed E-state index contributed by atoms with van der Waals surface area (Å²) in [5, 5.41) is 9.24. The smallest absolute Gasteiger partial charge is 0.337 e. The van der Waals surface area contributed by atoms with Crippen LogP contribution in [0.3, 0.4) is 0 Å². The predicted octanol–water partition coefficient (Wildman–Crippen LogP) is 1.62. The van der Waals surface area contributed by atoms with Crippen molar-refractivity contribution in [3.05, 3.63) is 23.3 Å². The van der Waals surface area contributed by atoms with Crippen LogP contribution in [0.1, 0.15) is 28.8 Å². The minimum absolute atomic E-state index is 0.165. The van der Waals surface area contributed by atoms with Gasteiger partial charge in [0, 0.05) is 37.3 Å². The van der Waals surface area contributed by atoms with Gasteiger partial charge in [-0.25, -0.2) is 4.79 Å². The molecule has 2 saturated heterocycles. The van der Waals surface area contributed by atoms with E-state index in [-0.39, 0.29) is 5.56 Å². The summed E-state index contributed by atoms with van der Waals surface area (Å²) in [6.07, 6.45) is 1.58. The number of carboxylic acids is 1. The third-order valence-corrected chi connectivity index (χ3v) is 4.31. The van der Waals surface area contributed by atoms with Crippen molar-refractivity contribution in [1.82, 2.24) is 0 Å². The van der Waals surface area contributed by atoms with Crippen molar-refractivity contribution < 1.29 is 19.4 Å². The molecule has 2 aliphatic rings. The zero-order chi connectivity index (χ0) is 15.0. The number of nitrogen functional groups attached to an aromatic ring is 1. The minimum atomic E-state index is -0.992. The molecular formula is C15H20N2O4. The first-order chi connectivity index (χ1) is 10.0. The largest absolute Gasteiger partial charge is 0.478 e. The number of rotatable bonds is 2. The number of aryl methyl sites for hydroxylation is 1. The van der Waals surface area contributed by atoms with Crippen LogP contribution in [0.5, 0.6) is 0 Å². The van der Waals surface area contributed by atoms with Gasteiger partial charge in [-0.05, 0) is 24.6 Å². The number of ether oxygens (including phenoxy) is 2. The molecular weight excluding hydrogens is 272 g/mol. The molecule has 1 aromatic carbocycles. The number of carbonyl (C=O) groups is 1. The number of piperidine rings is 1. The molecule has 0 saturated carbocycles. The van der Waals surface area contributed by atoms with E-state index in [9.17, 15) is 9.90 Å². The standard InChI is InChI=1S/C15H20N2O4/c1-10-8-11(9-12(13(10)16)14(18)19)17-4-2-15(3-5-17)20-6-7-21-15/h8-9H,2-7,16H2,1H3,(H,18,19). The summed E-state index contributed by atoms with van der Waals surface area (Å²) in [5.41, 5.74) is 8.02. The molecule has 2 fully saturated rings. The highest BCUT2D eigenvalue weighted by Gasteiger charge is 2.39. The van der Waals surface area contributed by atoms with E-state index in [4.69, 9.17) is 15.2 Å². The van der Waals surface area contributed by atoms with Gasteiger partial charge in [-0.1, -0.05) is 0 Å². The second-order valence-electron chi connectivity index (χ2n) is 5.62. The van der Waals surface area contributed by atoms with Crippen molar-refractivity contribution in [3.8, 4) is 0 Å². The van der Waals surface area contributed by atoms with Gasteiger partial charge in [0.25, 0.3) is 0 Å². The van der Waals surface area contributed by atoms with Crippen LogP contribution in [0.4, 0.5) is 11.4 Å². The lowest BCUT2D eigenvalue weighted by molar-refractivity contribution is -0.169. The molecule has 6 heteroatoms. The molecule has 0 aliphatic carbocycles. The fraction of sp³-hybridized carbons (Fsp3) is 0.533. The van der Waals surface area contributed by atoms with E-state index in [1.54, 1.807) is 6.07 Å². The van der Waals surface area contributed by atoms with Crippen molar-refractivity contribution in [3.63, 3.8) is 0 Å². The van der Waals surface area contributed by atoms with Gasteiger partial charge < -0.3 is 25.2 Å². The highest BCUT2D eigenvalue weighted by molar-refractivity contribution is 5.95. The number of anilines is 2. The summed E-state index contributed by atoms with van der Waals surface area (Å²) < 4.78 is 11.4. The first-order valence-electron chi connectivity index (χ1n) is 7.17. The SMILES string of the molecule is Cc1cc(N2CCC3(CC2)OCCO3)cc(C(=O)O)c1N. The van der Waals surface area contributed by atoms with Crippen LogP contribution in [-0.4, -0.2) is 43.2 Å². The van der Waals surface area contributed by atoms with E-state index in [0.717, 1.165) is 37.2 Å². The van der Waals surface area contributed by atoms with E-state index in [1.165, 1.54) is 0 Å². The molecule has 2 aliphatic heterocycles. The summed E-state index contributed by atoms with van der Waals surface area (Å²) in [7, 11) is 0. The third-order valence-electron chi connectivity index (χ3n) is 4.31. The zero-order valence-electron chi connectivity index (χ0n) is 12.1. The Labute approximate surface area is 123 Å². The fourth-order valence-electron chi connectivity index (χ4n) is 3.03. The molecule has 0 unspecified atom stereocenters. The van der Waals surface area contributed by atoms with Crippen molar-refractivity contribution >= 4 is 17.3 Å². The quantitative estimate of drug-likeness (QED) is 0.806. The van der Waals surface area contributed by atoms with Gasteiger partial charge in [-0.15, -0.1) is 0 Å². The number of nitrogens with two attached hydrogens (primary N) is 1. The van der Waals surface area contributed by atoms with Crippen LogP contribution in [0, 0.1) is 6.92 Å². The summed E-state index contributed by atoms with van der Waals surface area (Å²) in [4.78, 5) is 13.4. The summed E-state index contributed by atoms with van der Waals surface area (Å²) in [6.45, 7) is 4.71. The maximum absolute atomic E-state index is 11.3. The topological polar surface area (TPSA) is 85.0 Å². The first-order valence-corrected chi connectivity index (χ1v) is 7.17. The fourth-order valence-corrected chi connectivity index (χ4v) is 3.03. The van der Waals surface area contributed by atoms with E-state index in [2.05, 4.69) is 4.90 Å². The highest BCUT2D eigenvalue weighted by atomic mass is 16.7. The third kappa shape index (κ3) is 2.56. The molecule has 0 radical (unpaired) electrons. The molecule has 0 aromatic heterocycles. The Bertz CT molecular complexity index is 557. The maximum atomic E-state index is 11.3. The van der Waals surface area contributed by atoms with Crippen molar-refractivity contribution in [1.29, 1.82) is 0 Å². The van der Waals surface area contributed by atoms with Crippen LogP contribution in [0.25, 0.3) is 0 Å². The van der Waals surface area contributed by atoms with Crippen LogP contribution in [-0.2, 0) is 9.47 Å². The van der Waals surface area contributed by atoms with Gasteiger partial charge in [0.15, 0.2) is 5.79 Å². The van der Waals surface area contributed by atoms with Gasteiger partial charge in [-0.2, -0.15) is 0 Å². The number of benzene rings is 1. The predicted molar refractivity (Wildman–Crippen MR) is 78.6 cm³/mol. The second-order valence-corrected chi connectivity index (χ2v) is 5.62. The van der Waals surface area contributed by atoms with Gasteiger partial charge in [0.1, 0.15) is 0 Å². The molecule has 0 atom stereocenters. The Kier molecular flexibility index (Phi) is 3.51. The van der Waals surface area contributed by atoms with Gasteiger partial charge in [-0.3, -0.25) is 0 Å². The second kappa shape index (κ2) is 5.20. The molecule has 3 rings (SSSR count). The van der Waals surface area contributed by atoms with E-state index in [0.29, 0.717) is 18.9 Å². The molecule has 1 spiro atoms. The lowest BCUT2D eigenvalue weighted by atomic mass is 10.0. The molecule has 21 heavy (non-hydrogen) atoms. The number of aromatic carboxylic acids is 1. The minimum Gasteiger partial charge on any atom is -0.478 e. The zero-order valence-corrected chi connectivity index (χ0v) is 12.1. The molecule has 3 N–H and O–H groups in total. The molecule has 1 aromatic rings. The summed E-state index contributed by atoms with van der Waals surface area (Å²) in [6, 6.07) is 3.59. The molecule has 0 amide bonds. The van der Waals surface area contributed by atoms with E-state index >= 15 is 0 Å². The Hall–Kier alpha value is -1.79. The van der Waals surface area contributed by atoms with Gasteiger partial charge in [0.2, 0.25) is 0 Å². The Morgan fingerprint density at radius 1 is 1.29 bits per heavy atom. The van der Waals surface area contributed by atoms with Crippen molar-refractivity contribution in [2.75, 3.05) is 36.9 Å². The van der Waals surface area contributed by atoms with Crippen LogP contribution in [0.2, 0.25) is 0 Å². The lowest BCUT2D eigenvalue weighted by Crippen LogP contribution is -2.45.